The van der Waals surface area contributed by atoms with Gasteiger partial charge in [-0.1, -0.05) is 0 Å². The van der Waals surface area contributed by atoms with Gasteiger partial charge in [-0.05, 0) is 62.8 Å². The Balaban J connectivity index is 2.25. The Kier molecular flexibility index (Phi) is 4.71. The first-order valence-corrected chi connectivity index (χ1v) is 7.29. The van der Waals surface area contributed by atoms with Crippen molar-refractivity contribution >= 4 is 56.1 Å². The molecule has 0 spiro atoms. The molecule has 5 nitrogen and oxygen atoms in total. The van der Waals surface area contributed by atoms with Gasteiger partial charge in [0, 0.05) is 14.2 Å². The number of benzene rings is 1. The summed E-state index contributed by atoms with van der Waals surface area (Å²) in [5.74, 6) is -1.43. The van der Waals surface area contributed by atoms with E-state index in [0.717, 1.165) is 3.57 Å². The van der Waals surface area contributed by atoms with Crippen LogP contribution in [0.15, 0.2) is 41.1 Å². The Morgan fingerprint density at radius 3 is 2.70 bits per heavy atom. The molecule has 2 aromatic rings. The number of carboxylic acids is 1. The minimum absolute atomic E-state index is 0.0181. The van der Waals surface area contributed by atoms with Gasteiger partial charge in [0.1, 0.15) is 0 Å². The predicted octanol–water partition coefficient (Wildman–Crippen LogP) is 3.40. The van der Waals surface area contributed by atoms with Crippen LogP contribution in [0.5, 0.6) is 0 Å². The molecule has 0 radical (unpaired) electrons. The molecule has 7 heteroatoms. The molecule has 0 atom stereocenters. The molecule has 0 unspecified atom stereocenters. The van der Waals surface area contributed by atoms with Gasteiger partial charge in [-0.25, -0.2) is 4.79 Å². The molecule has 0 fully saturated rings. The highest BCUT2D eigenvalue weighted by Crippen LogP contribution is 2.21. The van der Waals surface area contributed by atoms with Crippen LogP contribution in [-0.4, -0.2) is 22.0 Å². The second-order valence-corrected chi connectivity index (χ2v) is 5.95. The maximum atomic E-state index is 12.1. The van der Waals surface area contributed by atoms with Gasteiger partial charge in [-0.3, -0.25) is 9.78 Å². The van der Waals surface area contributed by atoms with Crippen LogP contribution in [0, 0.1) is 3.57 Å². The van der Waals surface area contributed by atoms with Crippen molar-refractivity contribution in [3.63, 3.8) is 0 Å². The minimum Gasteiger partial charge on any atom is -0.478 e. The Morgan fingerprint density at radius 2 is 2.00 bits per heavy atom. The lowest BCUT2D eigenvalue weighted by Crippen LogP contribution is -2.13. The summed E-state index contributed by atoms with van der Waals surface area (Å²) in [5.41, 5.74) is 0.822. The van der Waals surface area contributed by atoms with Crippen LogP contribution in [-0.2, 0) is 0 Å². The molecule has 1 heterocycles. The predicted molar refractivity (Wildman–Crippen MR) is 86.0 cm³/mol. The molecule has 2 rings (SSSR count). The van der Waals surface area contributed by atoms with E-state index in [2.05, 4.69) is 48.8 Å². The van der Waals surface area contributed by atoms with Crippen LogP contribution in [0.2, 0.25) is 0 Å². The van der Waals surface area contributed by atoms with Gasteiger partial charge < -0.3 is 10.4 Å². The Bertz CT molecular complexity index is 691. The van der Waals surface area contributed by atoms with Crippen LogP contribution in [0.1, 0.15) is 20.7 Å². The second-order valence-electron chi connectivity index (χ2n) is 3.85. The lowest BCUT2D eigenvalue weighted by Gasteiger charge is -2.07. The number of hydrogen-bond acceptors (Lipinski definition) is 3. The fraction of sp³-hybridized carbons (Fsp3) is 0. The number of aromatic carboxylic acids is 1. The zero-order valence-corrected chi connectivity index (χ0v) is 13.7. The number of nitrogens with one attached hydrogen (secondary N) is 1. The molecule has 0 aliphatic carbocycles. The van der Waals surface area contributed by atoms with Crippen molar-refractivity contribution in [1.82, 2.24) is 4.98 Å². The summed E-state index contributed by atoms with van der Waals surface area (Å²) in [6, 6.07) is 6.74. The van der Waals surface area contributed by atoms with Gasteiger partial charge in [0.15, 0.2) is 0 Å². The number of carbonyl (C=O) groups excluding carboxylic acids is 1. The molecule has 20 heavy (non-hydrogen) atoms. The van der Waals surface area contributed by atoms with Gasteiger partial charge in [-0.15, -0.1) is 0 Å². The number of carboxylic acid groups (broad SMARTS) is 1. The van der Waals surface area contributed by atoms with Crippen molar-refractivity contribution in [1.29, 1.82) is 0 Å². The largest absolute Gasteiger partial charge is 0.478 e. The molecule has 1 aromatic carbocycles. The Morgan fingerprint density at radius 1 is 1.25 bits per heavy atom. The average molecular weight is 447 g/mol. The van der Waals surface area contributed by atoms with E-state index < -0.39 is 5.97 Å². The SMILES string of the molecule is O=C(O)c1cncc(NC(=O)c2cc(I)ccc2Br)c1. The van der Waals surface area contributed by atoms with Gasteiger partial charge >= 0.3 is 5.97 Å². The first kappa shape index (κ1) is 14.9. The van der Waals surface area contributed by atoms with Crippen molar-refractivity contribution in [3.8, 4) is 0 Å². The first-order valence-electron chi connectivity index (χ1n) is 5.42. The van der Waals surface area contributed by atoms with E-state index in [1.165, 1.54) is 18.5 Å². The van der Waals surface area contributed by atoms with E-state index in [1.807, 2.05) is 6.07 Å². The topological polar surface area (TPSA) is 79.3 Å². The molecule has 0 aliphatic heterocycles. The van der Waals surface area contributed by atoms with Crippen LogP contribution in [0.25, 0.3) is 0 Å². The lowest BCUT2D eigenvalue weighted by molar-refractivity contribution is 0.0696. The number of rotatable bonds is 3. The van der Waals surface area contributed by atoms with Crippen LogP contribution in [0.3, 0.4) is 0 Å². The molecular weight excluding hydrogens is 439 g/mol. The fourth-order valence-corrected chi connectivity index (χ4v) is 2.41. The Hall–Kier alpha value is -1.48. The standard InChI is InChI=1S/C13H8BrIN2O3/c14-11-2-1-8(15)4-10(11)12(18)17-9-3-7(13(19)20)5-16-6-9/h1-6H,(H,17,18)(H,19,20). The maximum absolute atomic E-state index is 12.1. The van der Waals surface area contributed by atoms with Gasteiger partial charge in [0.2, 0.25) is 0 Å². The highest BCUT2D eigenvalue weighted by Gasteiger charge is 2.12. The molecule has 0 aliphatic rings. The summed E-state index contributed by atoms with van der Waals surface area (Å²) >= 11 is 5.42. The summed E-state index contributed by atoms with van der Waals surface area (Å²) in [5, 5.41) is 11.5. The number of pyridine rings is 1. The Labute approximate surface area is 136 Å². The molecule has 0 saturated heterocycles. The lowest BCUT2D eigenvalue weighted by atomic mass is 10.2. The van der Waals surface area contributed by atoms with Crippen molar-refractivity contribution in [2.45, 2.75) is 0 Å². The summed E-state index contributed by atoms with van der Waals surface area (Å²) in [4.78, 5) is 26.8. The number of hydrogen-bond donors (Lipinski definition) is 2. The van der Waals surface area contributed by atoms with Crippen LogP contribution >= 0.6 is 38.5 Å². The van der Waals surface area contributed by atoms with Crippen LogP contribution < -0.4 is 5.32 Å². The second kappa shape index (κ2) is 6.31. The highest BCUT2D eigenvalue weighted by molar-refractivity contribution is 14.1. The van der Waals surface area contributed by atoms with E-state index >= 15 is 0 Å². The quantitative estimate of drug-likeness (QED) is 0.708. The molecule has 2 N–H and O–H groups in total. The molecule has 0 saturated carbocycles. The third-order valence-corrected chi connectivity index (χ3v) is 3.78. The van der Waals surface area contributed by atoms with Gasteiger partial charge in [0.05, 0.1) is 23.0 Å². The fourth-order valence-electron chi connectivity index (χ4n) is 1.50. The van der Waals surface area contributed by atoms with Gasteiger partial charge in [-0.2, -0.15) is 0 Å². The average Bonchev–Trinajstić information content (AvgIpc) is 2.41. The summed E-state index contributed by atoms with van der Waals surface area (Å²) in [6.45, 7) is 0. The monoisotopic (exact) mass is 446 g/mol. The molecular formula is C13H8BrIN2O3. The number of halogens is 2. The van der Waals surface area contributed by atoms with E-state index in [-0.39, 0.29) is 11.5 Å². The van der Waals surface area contributed by atoms with Gasteiger partial charge in [0.25, 0.3) is 5.91 Å². The first-order chi connectivity index (χ1) is 9.47. The minimum atomic E-state index is -1.09. The molecule has 0 bridgehead atoms. The van der Waals surface area contributed by atoms with E-state index in [1.54, 1.807) is 12.1 Å². The highest BCUT2D eigenvalue weighted by atomic mass is 127. The van der Waals surface area contributed by atoms with Crippen molar-refractivity contribution < 1.29 is 14.7 Å². The third-order valence-electron chi connectivity index (χ3n) is 2.42. The summed E-state index contributed by atoms with van der Waals surface area (Å²) in [6.07, 6.45) is 2.62. The molecule has 1 amide bonds. The molecule has 1 aromatic heterocycles. The van der Waals surface area contributed by atoms with Crippen molar-refractivity contribution in [2.75, 3.05) is 5.32 Å². The number of amides is 1. The van der Waals surface area contributed by atoms with Crippen molar-refractivity contribution in [2.24, 2.45) is 0 Å². The molecule has 102 valence electrons. The number of carbonyl (C=O) groups is 2. The smallest absolute Gasteiger partial charge is 0.337 e. The number of nitrogens with zero attached hydrogens (tertiary/aromatic N) is 1. The van der Waals surface area contributed by atoms with Crippen molar-refractivity contribution in [3.05, 3.63) is 55.8 Å². The van der Waals surface area contributed by atoms with E-state index in [9.17, 15) is 9.59 Å². The summed E-state index contributed by atoms with van der Waals surface area (Å²) in [7, 11) is 0. The normalized spacial score (nSPS) is 10.1. The zero-order valence-electron chi connectivity index (χ0n) is 9.93. The van der Waals surface area contributed by atoms with E-state index in [4.69, 9.17) is 5.11 Å². The maximum Gasteiger partial charge on any atom is 0.337 e. The summed E-state index contributed by atoms with van der Waals surface area (Å²) < 4.78 is 1.59. The van der Waals surface area contributed by atoms with E-state index in [0.29, 0.717) is 15.7 Å². The van der Waals surface area contributed by atoms with Crippen LogP contribution in [0.4, 0.5) is 5.69 Å². The number of anilines is 1. The zero-order chi connectivity index (χ0) is 14.7. The third kappa shape index (κ3) is 3.54. The number of aromatic nitrogens is 1.